The van der Waals surface area contributed by atoms with Gasteiger partial charge < -0.3 is 10.2 Å². The lowest BCUT2D eigenvalue weighted by Crippen LogP contribution is -2.31. The molecule has 0 aliphatic heterocycles. The normalized spacial score (nSPS) is 19.2. The first-order valence-electron chi connectivity index (χ1n) is 8.00. The lowest BCUT2D eigenvalue weighted by molar-refractivity contribution is 0.222. The maximum absolute atomic E-state index is 11.8. The topological polar surface area (TPSA) is 61.2 Å². The summed E-state index contributed by atoms with van der Waals surface area (Å²) >= 11 is 0. The van der Waals surface area contributed by atoms with Gasteiger partial charge in [0.25, 0.3) is 0 Å². The molecule has 0 saturated heterocycles. The zero-order valence-corrected chi connectivity index (χ0v) is 12.9. The maximum Gasteiger partial charge on any atom is 0.419 e. The minimum atomic E-state index is -0.288. The van der Waals surface area contributed by atoms with Crippen molar-refractivity contribution in [1.82, 2.24) is 4.57 Å². The van der Waals surface area contributed by atoms with Crippen LogP contribution in [0.15, 0.2) is 27.4 Å². The summed E-state index contributed by atoms with van der Waals surface area (Å²) in [5.74, 6) is -0.288. The highest BCUT2D eigenvalue weighted by Crippen LogP contribution is 2.49. The number of hydrogen-bond acceptors (Lipinski definition) is 3. The van der Waals surface area contributed by atoms with Crippen LogP contribution in [0.4, 0.5) is 0 Å². The molecule has 1 unspecified atom stereocenters. The standard InChI is InChI=1S/C17H24N2O2/c1-3-17(9-5-6-10-17)15(18)12-7-8-13-14(11-12)21-16(20)19(13)4-2/h7-8,11,15H,3-6,9-10,18H2,1-2H3. The van der Waals surface area contributed by atoms with E-state index in [9.17, 15) is 4.79 Å². The van der Waals surface area contributed by atoms with E-state index in [1.54, 1.807) is 4.57 Å². The Balaban J connectivity index is 2.03. The minimum absolute atomic E-state index is 0.0182. The van der Waals surface area contributed by atoms with E-state index in [0.717, 1.165) is 17.5 Å². The van der Waals surface area contributed by atoms with Crippen LogP contribution >= 0.6 is 0 Å². The molecule has 0 spiro atoms. The lowest BCUT2D eigenvalue weighted by Gasteiger charge is -2.34. The fourth-order valence-corrected chi connectivity index (χ4v) is 3.89. The molecule has 4 heteroatoms. The Hall–Kier alpha value is -1.55. The van der Waals surface area contributed by atoms with E-state index < -0.39 is 0 Å². The average molecular weight is 288 g/mol. The summed E-state index contributed by atoms with van der Waals surface area (Å²) in [6.07, 6.45) is 6.04. The van der Waals surface area contributed by atoms with E-state index in [1.807, 2.05) is 19.1 Å². The molecule has 0 radical (unpaired) electrons. The van der Waals surface area contributed by atoms with E-state index in [0.29, 0.717) is 12.1 Å². The molecule has 0 bridgehead atoms. The van der Waals surface area contributed by atoms with E-state index in [2.05, 4.69) is 13.0 Å². The molecule has 3 rings (SSSR count). The van der Waals surface area contributed by atoms with Gasteiger partial charge in [0.05, 0.1) is 5.52 Å². The molecular weight excluding hydrogens is 264 g/mol. The van der Waals surface area contributed by atoms with Crippen molar-refractivity contribution in [3.05, 3.63) is 34.3 Å². The Labute approximate surface area is 124 Å². The number of nitrogens with zero attached hydrogens (tertiary/aromatic N) is 1. The predicted molar refractivity (Wildman–Crippen MR) is 84.3 cm³/mol. The van der Waals surface area contributed by atoms with Gasteiger partial charge in [-0.3, -0.25) is 4.57 Å². The second kappa shape index (κ2) is 5.34. The number of hydrogen-bond donors (Lipinski definition) is 1. The Kier molecular flexibility index (Phi) is 3.66. The predicted octanol–water partition coefficient (Wildman–Crippen LogP) is 3.58. The Morgan fingerprint density at radius 3 is 2.67 bits per heavy atom. The number of rotatable bonds is 4. The third-order valence-electron chi connectivity index (χ3n) is 5.33. The number of nitrogens with two attached hydrogens (primary N) is 1. The van der Waals surface area contributed by atoms with Crippen molar-refractivity contribution >= 4 is 11.1 Å². The van der Waals surface area contributed by atoms with Crippen LogP contribution in [0.1, 0.15) is 57.6 Å². The van der Waals surface area contributed by atoms with Gasteiger partial charge in [0.2, 0.25) is 0 Å². The monoisotopic (exact) mass is 288 g/mol. The van der Waals surface area contributed by atoms with E-state index in [1.165, 1.54) is 25.7 Å². The van der Waals surface area contributed by atoms with Gasteiger partial charge in [-0.1, -0.05) is 25.8 Å². The van der Waals surface area contributed by atoms with Crippen LogP contribution in [0.3, 0.4) is 0 Å². The Morgan fingerprint density at radius 1 is 1.33 bits per heavy atom. The van der Waals surface area contributed by atoms with Crippen molar-refractivity contribution in [2.24, 2.45) is 11.1 Å². The summed E-state index contributed by atoms with van der Waals surface area (Å²) in [6, 6.07) is 6.01. The zero-order valence-electron chi connectivity index (χ0n) is 12.9. The summed E-state index contributed by atoms with van der Waals surface area (Å²) in [7, 11) is 0. The molecule has 1 aromatic heterocycles. The van der Waals surface area contributed by atoms with Crippen molar-refractivity contribution in [3.63, 3.8) is 0 Å². The van der Waals surface area contributed by atoms with Gasteiger partial charge in [-0.25, -0.2) is 4.79 Å². The van der Waals surface area contributed by atoms with Crippen LogP contribution in [0.2, 0.25) is 0 Å². The van der Waals surface area contributed by atoms with Crippen LogP contribution < -0.4 is 11.5 Å². The second-order valence-electron chi connectivity index (χ2n) is 6.24. The van der Waals surface area contributed by atoms with E-state index in [-0.39, 0.29) is 17.2 Å². The van der Waals surface area contributed by atoms with Gasteiger partial charge in [0.15, 0.2) is 5.58 Å². The first-order chi connectivity index (χ1) is 10.1. The number of benzene rings is 1. The molecule has 1 saturated carbocycles. The molecule has 21 heavy (non-hydrogen) atoms. The van der Waals surface area contributed by atoms with Crippen molar-refractivity contribution in [1.29, 1.82) is 0 Å². The number of aryl methyl sites for hydroxylation is 1. The summed E-state index contributed by atoms with van der Waals surface area (Å²) in [5, 5.41) is 0. The summed E-state index contributed by atoms with van der Waals surface area (Å²) in [4.78, 5) is 11.8. The maximum atomic E-state index is 11.8. The first-order valence-corrected chi connectivity index (χ1v) is 8.00. The van der Waals surface area contributed by atoms with Gasteiger partial charge in [-0.05, 0) is 49.3 Å². The Morgan fingerprint density at radius 2 is 2.05 bits per heavy atom. The van der Waals surface area contributed by atoms with Crippen LogP contribution in [0, 0.1) is 5.41 Å². The lowest BCUT2D eigenvalue weighted by atomic mass is 9.74. The van der Waals surface area contributed by atoms with Gasteiger partial charge in [-0.15, -0.1) is 0 Å². The summed E-state index contributed by atoms with van der Waals surface area (Å²) < 4.78 is 7.01. The minimum Gasteiger partial charge on any atom is -0.408 e. The molecule has 1 aliphatic rings. The van der Waals surface area contributed by atoms with Gasteiger partial charge >= 0.3 is 5.76 Å². The van der Waals surface area contributed by atoms with Gasteiger partial charge in [0, 0.05) is 12.6 Å². The van der Waals surface area contributed by atoms with Gasteiger partial charge in [-0.2, -0.15) is 0 Å². The Bertz CT molecular complexity index is 692. The zero-order chi connectivity index (χ0) is 15.0. The first kappa shape index (κ1) is 14.4. The molecule has 4 nitrogen and oxygen atoms in total. The van der Waals surface area contributed by atoms with Crippen molar-refractivity contribution in [2.75, 3.05) is 0 Å². The SMILES string of the molecule is CCn1c(=O)oc2cc(C(N)C3(CC)CCCC3)ccc21. The molecule has 1 atom stereocenters. The van der Waals surface area contributed by atoms with Crippen molar-refractivity contribution < 1.29 is 4.42 Å². The quantitative estimate of drug-likeness (QED) is 0.935. The molecule has 2 aromatic rings. The smallest absolute Gasteiger partial charge is 0.408 e. The highest BCUT2D eigenvalue weighted by molar-refractivity contribution is 5.74. The van der Waals surface area contributed by atoms with Crippen molar-refractivity contribution in [2.45, 2.75) is 58.5 Å². The van der Waals surface area contributed by atoms with E-state index in [4.69, 9.17) is 10.2 Å². The molecule has 1 aliphatic carbocycles. The van der Waals surface area contributed by atoms with E-state index >= 15 is 0 Å². The summed E-state index contributed by atoms with van der Waals surface area (Å²) in [5.41, 5.74) is 9.39. The van der Waals surface area contributed by atoms with Crippen LogP contribution in [0.5, 0.6) is 0 Å². The average Bonchev–Trinajstić information content (AvgIpc) is 3.09. The summed E-state index contributed by atoms with van der Waals surface area (Å²) in [6.45, 7) is 4.80. The number of oxazole rings is 1. The van der Waals surface area contributed by atoms with Crippen LogP contribution in [-0.4, -0.2) is 4.57 Å². The molecule has 1 heterocycles. The fraction of sp³-hybridized carbons (Fsp3) is 0.588. The third-order valence-corrected chi connectivity index (χ3v) is 5.33. The molecule has 2 N–H and O–H groups in total. The molecule has 114 valence electrons. The number of fused-ring (bicyclic) bond motifs is 1. The van der Waals surface area contributed by atoms with Gasteiger partial charge in [0.1, 0.15) is 0 Å². The fourth-order valence-electron chi connectivity index (χ4n) is 3.89. The molecule has 0 amide bonds. The second-order valence-corrected chi connectivity index (χ2v) is 6.24. The van der Waals surface area contributed by atoms with Crippen LogP contribution in [-0.2, 0) is 6.54 Å². The van der Waals surface area contributed by atoms with Crippen LogP contribution in [0.25, 0.3) is 11.1 Å². The highest BCUT2D eigenvalue weighted by atomic mass is 16.4. The van der Waals surface area contributed by atoms with Crippen molar-refractivity contribution in [3.8, 4) is 0 Å². The largest absolute Gasteiger partial charge is 0.419 e. The molecular formula is C17H24N2O2. The molecule has 1 aromatic carbocycles. The number of aromatic nitrogens is 1. The third kappa shape index (κ3) is 2.22. The molecule has 1 fully saturated rings. The highest BCUT2D eigenvalue weighted by Gasteiger charge is 2.38.